The minimum atomic E-state index is -4.20. The standard InChI is InChI=1S/C6H9F3N4S/c1-4(2)13-5(10-11-12-13)14-3-6(7,8)9/h4H,3H2,1-2H3. The molecule has 1 heterocycles. The van der Waals surface area contributed by atoms with E-state index in [0.717, 1.165) is 0 Å². The van der Waals surface area contributed by atoms with Gasteiger partial charge in [-0.25, -0.2) is 4.68 Å². The number of alkyl halides is 3. The van der Waals surface area contributed by atoms with Gasteiger partial charge >= 0.3 is 6.18 Å². The van der Waals surface area contributed by atoms with E-state index in [2.05, 4.69) is 15.5 Å². The fraction of sp³-hybridized carbons (Fsp3) is 0.833. The third-order valence-electron chi connectivity index (χ3n) is 1.32. The zero-order valence-electron chi connectivity index (χ0n) is 7.62. The summed E-state index contributed by atoms with van der Waals surface area (Å²) in [4.78, 5) is 0. The molecule has 0 saturated carbocycles. The van der Waals surface area contributed by atoms with Crippen LogP contribution in [0.15, 0.2) is 5.16 Å². The molecule has 1 aromatic heterocycles. The Hall–Kier alpha value is -0.790. The number of aromatic nitrogens is 4. The summed E-state index contributed by atoms with van der Waals surface area (Å²) in [5, 5.41) is 10.6. The number of tetrazole rings is 1. The lowest BCUT2D eigenvalue weighted by molar-refractivity contribution is -0.105. The molecule has 0 aliphatic rings. The Morgan fingerprint density at radius 1 is 1.43 bits per heavy atom. The van der Waals surface area contributed by atoms with Gasteiger partial charge in [0.15, 0.2) is 0 Å². The number of halogens is 3. The molecule has 0 spiro atoms. The van der Waals surface area contributed by atoms with Crippen LogP contribution in [0.2, 0.25) is 0 Å². The van der Waals surface area contributed by atoms with E-state index >= 15 is 0 Å². The predicted octanol–water partition coefficient (Wildman–Crippen LogP) is 1.91. The minimum absolute atomic E-state index is 0.0410. The smallest absolute Gasteiger partial charge is 0.218 e. The van der Waals surface area contributed by atoms with Crippen molar-refractivity contribution in [1.82, 2.24) is 20.2 Å². The topological polar surface area (TPSA) is 43.6 Å². The molecule has 0 amide bonds. The van der Waals surface area contributed by atoms with E-state index in [4.69, 9.17) is 0 Å². The van der Waals surface area contributed by atoms with Gasteiger partial charge in [0.2, 0.25) is 5.16 Å². The summed E-state index contributed by atoms with van der Waals surface area (Å²) in [6.45, 7) is 3.60. The summed E-state index contributed by atoms with van der Waals surface area (Å²) in [5.74, 6) is -0.972. The van der Waals surface area contributed by atoms with Crippen LogP contribution in [0.5, 0.6) is 0 Å². The summed E-state index contributed by atoms with van der Waals surface area (Å²) >= 11 is 0.591. The van der Waals surface area contributed by atoms with E-state index in [0.29, 0.717) is 11.8 Å². The lowest BCUT2D eigenvalue weighted by Gasteiger charge is -2.08. The van der Waals surface area contributed by atoms with Crippen molar-refractivity contribution in [2.24, 2.45) is 0 Å². The Kier molecular flexibility index (Phi) is 3.35. The summed E-state index contributed by atoms with van der Waals surface area (Å²) in [5.41, 5.74) is 0. The molecule has 1 aromatic rings. The average Bonchev–Trinajstić information content (AvgIpc) is 2.46. The van der Waals surface area contributed by atoms with Gasteiger partial charge in [-0.2, -0.15) is 13.2 Å². The van der Waals surface area contributed by atoms with E-state index in [1.807, 2.05) is 0 Å². The zero-order chi connectivity index (χ0) is 10.8. The van der Waals surface area contributed by atoms with E-state index in [-0.39, 0.29) is 11.2 Å². The first-order chi connectivity index (χ1) is 6.40. The molecular weight excluding hydrogens is 217 g/mol. The number of rotatable bonds is 3. The molecule has 0 fully saturated rings. The SMILES string of the molecule is CC(C)n1nnnc1SCC(F)(F)F. The first-order valence-corrected chi connectivity index (χ1v) is 4.86. The molecule has 0 saturated heterocycles. The van der Waals surface area contributed by atoms with Gasteiger partial charge in [-0.3, -0.25) is 0 Å². The van der Waals surface area contributed by atoms with E-state index < -0.39 is 11.9 Å². The normalized spacial score (nSPS) is 12.4. The van der Waals surface area contributed by atoms with Gasteiger partial charge in [0.1, 0.15) is 0 Å². The number of hydrogen-bond acceptors (Lipinski definition) is 4. The first-order valence-electron chi connectivity index (χ1n) is 3.87. The molecule has 0 N–H and O–H groups in total. The lowest BCUT2D eigenvalue weighted by atomic mass is 10.4. The molecule has 0 aliphatic heterocycles. The Labute approximate surface area is 82.9 Å². The summed E-state index contributed by atoms with van der Waals surface area (Å²) < 4.78 is 37.0. The number of nitrogens with zero attached hydrogens (tertiary/aromatic N) is 4. The van der Waals surface area contributed by atoms with Crippen molar-refractivity contribution >= 4 is 11.8 Å². The predicted molar refractivity (Wildman–Crippen MR) is 45.0 cm³/mol. The molecule has 80 valence electrons. The summed E-state index contributed by atoms with van der Waals surface area (Å²) in [7, 11) is 0. The van der Waals surface area contributed by atoms with Crippen molar-refractivity contribution in [1.29, 1.82) is 0 Å². The molecule has 4 nitrogen and oxygen atoms in total. The maximum atomic E-state index is 11.9. The maximum absolute atomic E-state index is 11.9. The van der Waals surface area contributed by atoms with Gasteiger partial charge in [0, 0.05) is 0 Å². The van der Waals surface area contributed by atoms with Gasteiger partial charge in [0.05, 0.1) is 11.8 Å². The van der Waals surface area contributed by atoms with Crippen molar-refractivity contribution in [2.75, 3.05) is 5.75 Å². The van der Waals surface area contributed by atoms with E-state index in [1.54, 1.807) is 13.8 Å². The number of hydrogen-bond donors (Lipinski definition) is 0. The monoisotopic (exact) mass is 226 g/mol. The highest BCUT2D eigenvalue weighted by atomic mass is 32.2. The second-order valence-electron chi connectivity index (χ2n) is 2.90. The van der Waals surface area contributed by atoms with Crippen LogP contribution >= 0.6 is 11.8 Å². The molecule has 0 atom stereocenters. The molecule has 0 radical (unpaired) electrons. The van der Waals surface area contributed by atoms with Gasteiger partial charge in [0.25, 0.3) is 0 Å². The third kappa shape index (κ3) is 3.17. The molecule has 0 unspecified atom stereocenters. The Balaban J connectivity index is 2.63. The Morgan fingerprint density at radius 3 is 2.57 bits per heavy atom. The van der Waals surface area contributed by atoms with Crippen LogP contribution in [0.1, 0.15) is 19.9 Å². The molecule has 8 heteroatoms. The van der Waals surface area contributed by atoms with Crippen LogP contribution in [0.3, 0.4) is 0 Å². The van der Waals surface area contributed by atoms with Crippen LogP contribution < -0.4 is 0 Å². The van der Waals surface area contributed by atoms with Gasteiger partial charge < -0.3 is 0 Å². The molecule has 0 bridgehead atoms. The Bertz CT molecular complexity index is 296. The molecular formula is C6H9F3N4S. The van der Waals surface area contributed by atoms with Crippen molar-refractivity contribution in [3.8, 4) is 0 Å². The van der Waals surface area contributed by atoms with Crippen molar-refractivity contribution < 1.29 is 13.2 Å². The van der Waals surface area contributed by atoms with Crippen LogP contribution in [-0.2, 0) is 0 Å². The van der Waals surface area contributed by atoms with Crippen molar-refractivity contribution in [2.45, 2.75) is 31.2 Å². The highest BCUT2D eigenvalue weighted by molar-refractivity contribution is 7.99. The van der Waals surface area contributed by atoms with Crippen LogP contribution in [0, 0.1) is 0 Å². The highest BCUT2D eigenvalue weighted by Crippen LogP contribution is 2.26. The lowest BCUT2D eigenvalue weighted by Crippen LogP contribution is -2.12. The Morgan fingerprint density at radius 2 is 2.07 bits per heavy atom. The number of thioether (sulfide) groups is 1. The highest BCUT2D eigenvalue weighted by Gasteiger charge is 2.28. The zero-order valence-corrected chi connectivity index (χ0v) is 8.43. The van der Waals surface area contributed by atoms with Crippen LogP contribution in [-0.4, -0.2) is 32.1 Å². The van der Waals surface area contributed by atoms with Gasteiger partial charge in [-0.15, -0.1) is 5.10 Å². The minimum Gasteiger partial charge on any atom is -0.218 e. The van der Waals surface area contributed by atoms with Crippen molar-refractivity contribution in [3.05, 3.63) is 0 Å². The fourth-order valence-corrected chi connectivity index (χ4v) is 1.52. The summed E-state index contributed by atoms with van der Waals surface area (Å²) in [6.07, 6.45) is -4.20. The fourth-order valence-electron chi connectivity index (χ4n) is 0.751. The summed E-state index contributed by atoms with van der Waals surface area (Å²) in [6, 6.07) is -0.0410. The van der Waals surface area contributed by atoms with Crippen LogP contribution in [0.25, 0.3) is 0 Å². The largest absolute Gasteiger partial charge is 0.398 e. The maximum Gasteiger partial charge on any atom is 0.398 e. The molecule has 0 aromatic carbocycles. The van der Waals surface area contributed by atoms with E-state index in [1.165, 1.54) is 4.68 Å². The van der Waals surface area contributed by atoms with E-state index in [9.17, 15) is 13.2 Å². The average molecular weight is 226 g/mol. The van der Waals surface area contributed by atoms with Crippen LogP contribution in [0.4, 0.5) is 13.2 Å². The molecule has 14 heavy (non-hydrogen) atoms. The van der Waals surface area contributed by atoms with Gasteiger partial charge in [-0.05, 0) is 24.3 Å². The quantitative estimate of drug-likeness (QED) is 0.738. The molecule has 0 aliphatic carbocycles. The van der Waals surface area contributed by atoms with Gasteiger partial charge in [-0.1, -0.05) is 11.8 Å². The third-order valence-corrected chi connectivity index (χ3v) is 2.32. The second-order valence-corrected chi connectivity index (χ2v) is 3.85. The van der Waals surface area contributed by atoms with Crippen molar-refractivity contribution in [3.63, 3.8) is 0 Å². The second kappa shape index (κ2) is 4.16. The molecule has 1 rings (SSSR count). The first kappa shape index (κ1) is 11.3.